The van der Waals surface area contributed by atoms with Crippen molar-refractivity contribution in [2.75, 3.05) is 4.90 Å². The number of amidine groups is 1. The molecule has 4 rings (SSSR count). The molecule has 1 aliphatic heterocycles. The van der Waals surface area contributed by atoms with Crippen LogP contribution >= 0.6 is 22.6 Å². The summed E-state index contributed by atoms with van der Waals surface area (Å²) in [6.45, 7) is 0. The van der Waals surface area contributed by atoms with Crippen molar-refractivity contribution in [1.82, 2.24) is 0 Å². The van der Waals surface area contributed by atoms with Crippen LogP contribution in [0.5, 0.6) is 0 Å². The SMILES string of the molecule is Ic1ccc(N2C(=Nc3ccccc3)CC2c2ccccc2)cc1. The van der Waals surface area contributed by atoms with Crippen LogP contribution in [0.3, 0.4) is 0 Å². The standard InChI is InChI=1S/C21H17IN2/c22-17-11-13-19(14-12-17)24-20(16-7-3-1-4-8-16)15-21(24)23-18-9-5-2-6-10-18/h1-14,20H,15H2. The number of rotatable bonds is 3. The van der Waals surface area contributed by atoms with E-state index < -0.39 is 0 Å². The second kappa shape index (κ2) is 6.77. The summed E-state index contributed by atoms with van der Waals surface area (Å²) in [6.07, 6.45) is 0.963. The largest absolute Gasteiger partial charge is 0.322 e. The molecule has 2 nitrogen and oxygen atoms in total. The molecule has 0 radical (unpaired) electrons. The summed E-state index contributed by atoms with van der Waals surface area (Å²) in [7, 11) is 0. The Hall–Kier alpha value is -2.14. The number of hydrogen-bond acceptors (Lipinski definition) is 1. The Kier molecular flexibility index (Phi) is 4.34. The van der Waals surface area contributed by atoms with Crippen LogP contribution in [0.2, 0.25) is 0 Å². The minimum atomic E-state index is 0.355. The lowest BCUT2D eigenvalue weighted by Gasteiger charge is -2.44. The highest BCUT2D eigenvalue weighted by Crippen LogP contribution is 2.40. The average molecular weight is 424 g/mol. The number of halogens is 1. The van der Waals surface area contributed by atoms with Crippen molar-refractivity contribution in [3.63, 3.8) is 0 Å². The molecule has 118 valence electrons. The van der Waals surface area contributed by atoms with Crippen molar-refractivity contribution in [2.45, 2.75) is 12.5 Å². The third kappa shape index (κ3) is 3.08. The molecule has 0 amide bonds. The predicted octanol–water partition coefficient (Wildman–Crippen LogP) is 5.97. The first-order valence-electron chi connectivity index (χ1n) is 8.03. The Bertz CT molecular complexity index is 842. The molecule has 3 aromatic rings. The number of benzene rings is 3. The van der Waals surface area contributed by atoms with Crippen molar-refractivity contribution in [3.05, 3.63) is 94.1 Å². The van der Waals surface area contributed by atoms with Crippen LogP contribution in [-0.2, 0) is 0 Å². The minimum absolute atomic E-state index is 0.355. The normalized spacial score (nSPS) is 18.5. The Labute approximate surface area is 156 Å². The van der Waals surface area contributed by atoms with Crippen LogP contribution < -0.4 is 4.90 Å². The van der Waals surface area contributed by atoms with E-state index in [-0.39, 0.29) is 0 Å². The molecule has 1 saturated heterocycles. The zero-order valence-corrected chi connectivity index (χ0v) is 15.3. The quantitative estimate of drug-likeness (QED) is 0.473. The van der Waals surface area contributed by atoms with E-state index in [1.807, 2.05) is 18.2 Å². The fourth-order valence-electron chi connectivity index (χ4n) is 3.05. The Morgan fingerprint density at radius 1 is 0.792 bits per heavy atom. The number of aliphatic imine (C=N–C) groups is 1. The van der Waals surface area contributed by atoms with Gasteiger partial charge in [0.05, 0.1) is 11.7 Å². The number of hydrogen-bond donors (Lipinski definition) is 0. The maximum atomic E-state index is 4.86. The van der Waals surface area contributed by atoms with E-state index in [1.165, 1.54) is 14.8 Å². The molecule has 0 spiro atoms. The van der Waals surface area contributed by atoms with Gasteiger partial charge in [-0.1, -0.05) is 48.5 Å². The highest BCUT2D eigenvalue weighted by molar-refractivity contribution is 14.1. The van der Waals surface area contributed by atoms with E-state index in [2.05, 4.69) is 94.2 Å². The molecule has 24 heavy (non-hydrogen) atoms. The molecule has 1 fully saturated rings. The number of anilines is 1. The lowest BCUT2D eigenvalue weighted by Crippen LogP contribution is -2.46. The van der Waals surface area contributed by atoms with Crippen LogP contribution in [0, 0.1) is 3.57 Å². The van der Waals surface area contributed by atoms with Gasteiger partial charge in [0.15, 0.2) is 0 Å². The van der Waals surface area contributed by atoms with Crippen LogP contribution in [0.1, 0.15) is 18.0 Å². The topological polar surface area (TPSA) is 15.6 Å². The first-order valence-corrected chi connectivity index (χ1v) is 9.11. The van der Waals surface area contributed by atoms with E-state index in [0.29, 0.717) is 6.04 Å². The highest BCUT2D eigenvalue weighted by atomic mass is 127. The molecule has 0 aliphatic carbocycles. The Morgan fingerprint density at radius 3 is 2.08 bits per heavy atom. The van der Waals surface area contributed by atoms with E-state index in [9.17, 15) is 0 Å². The summed E-state index contributed by atoms with van der Waals surface area (Å²) in [5, 5.41) is 0. The van der Waals surface area contributed by atoms with E-state index >= 15 is 0 Å². The van der Waals surface area contributed by atoms with Gasteiger partial charge in [-0.05, 0) is 64.6 Å². The van der Waals surface area contributed by atoms with Gasteiger partial charge in [-0.25, -0.2) is 4.99 Å². The molecule has 0 aromatic heterocycles. The monoisotopic (exact) mass is 424 g/mol. The summed E-state index contributed by atoms with van der Waals surface area (Å²) in [4.78, 5) is 7.21. The van der Waals surface area contributed by atoms with Crippen LogP contribution in [0.25, 0.3) is 0 Å². The van der Waals surface area contributed by atoms with E-state index in [1.54, 1.807) is 0 Å². The fourth-order valence-corrected chi connectivity index (χ4v) is 3.41. The maximum Gasteiger partial charge on any atom is 0.112 e. The van der Waals surface area contributed by atoms with Gasteiger partial charge in [-0.2, -0.15) is 0 Å². The molecular weight excluding hydrogens is 407 g/mol. The fraction of sp³-hybridized carbons (Fsp3) is 0.0952. The van der Waals surface area contributed by atoms with Crippen LogP contribution in [0.15, 0.2) is 89.9 Å². The van der Waals surface area contributed by atoms with Gasteiger partial charge in [0.25, 0.3) is 0 Å². The van der Waals surface area contributed by atoms with Gasteiger partial charge in [0.2, 0.25) is 0 Å². The van der Waals surface area contributed by atoms with Crippen molar-refractivity contribution >= 4 is 39.8 Å². The first-order chi connectivity index (χ1) is 11.8. The van der Waals surface area contributed by atoms with Gasteiger partial charge in [-0.15, -0.1) is 0 Å². The lowest BCUT2D eigenvalue weighted by molar-refractivity contribution is 0.652. The summed E-state index contributed by atoms with van der Waals surface area (Å²) in [5.74, 6) is 1.12. The molecule has 0 bridgehead atoms. The number of para-hydroxylation sites is 1. The highest BCUT2D eigenvalue weighted by Gasteiger charge is 2.36. The van der Waals surface area contributed by atoms with Crippen molar-refractivity contribution in [1.29, 1.82) is 0 Å². The summed E-state index contributed by atoms with van der Waals surface area (Å²) >= 11 is 2.34. The van der Waals surface area contributed by atoms with E-state index in [4.69, 9.17) is 4.99 Å². The summed E-state index contributed by atoms with van der Waals surface area (Å²) in [6, 6.07) is 29.9. The molecular formula is C21H17IN2. The molecule has 1 unspecified atom stereocenters. The second-order valence-corrected chi connectivity index (χ2v) is 7.09. The predicted molar refractivity (Wildman–Crippen MR) is 109 cm³/mol. The molecule has 0 saturated carbocycles. The third-order valence-corrected chi connectivity index (χ3v) is 4.99. The molecule has 3 heteroatoms. The van der Waals surface area contributed by atoms with E-state index in [0.717, 1.165) is 17.9 Å². The van der Waals surface area contributed by atoms with Crippen LogP contribution in [-0.4, -0.2) is 5.84 Å². The second-order valence-electron chi connectivity index (χ2n) is 5.84. The smallest absolute Gasteiger partial charge is 0.112 e. The first kappa shape index (κ1) is 15.4. The van der Waals surface area contributed by atoms with Crippen molar-refractivity contribution < 1.29 is 0 Å². The molecule has 0 N–H and O–H groups in total. The van der Waals surface area contributed by atoms with Gasteiger partial charge in [0.1, 0.15) is 5.84 Å². The number of nitrogens with zero attached hydrogens (tertiary/aromatic N) is 2. The third-order valence-electron chi connectivity index (χ3n) is 4.27. The lowest BCUT2D eigenvalue weighted by atomic mass is 9.92. The molecule has 1 aliphatic rings. The summed E-state index contributed by atoms with van der Waals surface area (Å²) in [5.41, 5.74) is 3.54. The molecule has 1 atom stereocenters. The van der Waals surface area contributed by atoms with Gasteiger partial charge < -0.3 is 4.90 Å². The zero-order valence-electron chi connectivity index (χ0n) is 13.1. The Balaban J connectivity index is 1.71. The molecule has 3 aromatic carbocycles. The average Bonchev–Trinajstić information content (AvgIpc) is 2.62. The van der Waals surface area contributed by atoms with Gasteiger partial charge in [0, 0.05) is 15.7 Å². The molecule has 1 heterocycles. The summed E-state index contributed by atoms with van der Waals surface area (Å²) < 4.78 is 1.25. The van der Waals surface area contributed by atoms with Crippen LogP contribution in [0.4, 0.5) is 11.4 Å². The maximum absolute atomic E-state index is 4.86. The van der Waals surface area contributed by atoms with Gasteiger partial charge >= 0.3 is 0 Å². The minimum Gasteiger partial charge on any atom is -0.322 e. The van der Waals surface area contributed by atoms with Crippen molar-refractivity contribution in [2.24, 2.45) is 4.99 Å². The van der Waals surface area contributed by atoms with Gasteiger partial charge in [-0.3, -0.25) is 0 Å². The van der Waals surface area contributed by atoms with Crippen molar-refractivity contribution in [3.8, 4) is 0 Å². The zero-order chi connectivity index (χ0) is 16.4. The Morgan fingerprint density at radius 2 is 1.42 bits per heavy atom.